The quantitative estimate of drug-likeness (QED) is 0.802. The standard InChI is InChI=1S/C15H12N4O2/c16-9-10-4-6-11(7-5-10)14(20)18-12-2-1-3-13(8-12)19-15(17)21/h1-8H,(H,18,20)(H3,17,19,21). The number of benzene rings is 2. The molecule has 0 heterocycles. The Labute approximate surface area is 121 Å². The Hall–Kier alpha value is -3.33. The van der Waals surface area contributed by atoms with E-state index in [-0.39, 0.29) is 5.91 Å². The highest BCUT2D eigenvalue weighted by atomic mass is 16.2. The highest BCUT2D eigenvalue weighted by molar-refractivity contribution is 6.04. The summed E-state index contributed by atoms with van der Waals surface area (Å²) < 4.78 is 0. The molecule has 0 spiro atoms. The second-order valence-electron chi connectivity index (χ2n) is 4.21. The first-order chi connectivity index (χ1) is 10.1. The molecule has 0 aromatic heterocycles. The van der Waals surface area contributed by atoms with Crippen LogP contribution in [0.4, 0.5) is 16.2 Å². The van der Waals surface area contributed by atoms with Gasteiger partial charge in [0.05, 0.1) is 11.6 Å². The van der Waals surface area contributed by atoms with Crippen LogP contribution in [0.5, 0.6) is 0 Å². The van der Waals surface area contributed by atoms with Crippen molar-refractivity contribution < 1.29 is 9.59 Å². The summed E-state index contributed by atoms with van der Waals surface area (Å²) in [6.45, 7) is 0. The third kappa shape index (κ3) is 3.81. The number of hydrogen-bond donors (Lipinski definition) is 3. The maximum Gasteiger partial charge on any atom is 0.316 e. The molecule has 21 heavy (non-hydrogen) atoms. The van der Waals surface area contributed by atoms with Crippen molar-refractivity contribution in [2.45, 2.75) is 0 Å². The summed E-state index contributed by atoms with van der Waals surface area (Å²) in [6.07, 6.45) is 0. The predicted molar refractivity (Wildman–Crippen MR) is 78.8 cm³/mol. The Kier molecular flexibility index (Phi) is 4.17. The molecule has 0 saturated heterocycles. The van der Waals surface area contributed by atoms with Gasteiger partial charge in [-0.1, -0.05) is 6.07 Å². The maximum atomic E-state index is 12.0. The molecule has 3 amide bonds. The monoisotopic (exact) mass is 280 g/mol. The summed E-state index contributed by atoms with van der Waals surface area (Å²) >= 11 is 0. The molecular weight excluding hydrogens is 268 g/mol. The van der Waals surface area contributed by atoms with E-state index in [4.69, 9.17) is 11.0 Å². The number of carbonyl (C=O) groups excluding carboxylic acids is 2. The van der Waals surface area contributed by atoms with Crippen LogP contribution in [0.3, 0.4) is 0 Å². The lowest BCUT2D eigenvalue weighted by Crippen LogP contribution is -2.19. The molecule has 0 unspecified atom stereocenters. The van der Waals surface area contributed by atoms with Crippen molar-refractivity contribution in [3.63, 3.8) is 0 Å². The van der Waals surface area contributed by atoms with Gasteiger partial charge in [0, 0.05) is 16.9 Å². The summed E-state index contributed by atoms with van der Waals surface area (Å²) in [5.41, 5.74) is 6.96. The molecule has 0 bridgehead atoms. The lowest BCUT2D eigenvalue weighted by molar-refractivity contribution is 0.102. The van der Waals surface area contributed by atoms with Crippen molar-refractivity contribution in [3.8, 4) is 6.07 Å². The number of amides is 3. The smallest absolute Gasteiger partial charge is 0.316 e. The normalized spacial score (nSPS) is 9.48. The lowest BCUT2D eigenvalue weighted by Gasteiger charge is -2.07. The van der Waals surface area contributed by atoms with Crippen molar-refractivity contribution in [2.24, 2.45) is 5.73 Å². The molecule has 4 N–H and O–H groups in total. The molecule has 0 aliphatic heterocycles. The van der Waals surface area contributed by atoms with Crippen molar-refractivity contribution in [3.05, 3.63) is 59.7 Å². The van der Waals surface area contributed by atoms with Crippen LogP contribution in [0.15, 0.2) is 48.5 Å². The molecular formula is C15H12N4O2. The van der Waals surface area contributed by atoms with Crippen molar-refractivity contribution in [1.82, 2.24) is 0 Å². The number of nitrogens with two attached hydrogens (primary N) is 1. The molecule has 0 aliphatic carbocycles. The summed E-state index contributed by atoms with van der Waals surface area (Å²) in [4.78, 5) is 22.8. The highest BCUT2D eigenvalue weighted by Crippen LogP contribution is 2.16. The average molecular weight is 280 g/mol. The zero-order chi connectivity index (χ0) is 15.2. The number of hydrogen-bond acceptors (Lipinski definition) is 3. The molecule has 6 heteroatoms. The van der Waals surface area contributed by atoms with Gasteiger partial charge in [-0.3, -0.25) is 4.79 Å². The molecule has 0 fully saturated rings. The van der Waals surface area contributed by atoms with Gasteiger partial charge in [-0.2, -0.15) is 5.26 Å². The summed E-state index contributed by atoms with van der Waals surface area (Å²) in [6, 6.07) is 14.2. The van der Waals surface area contributed by atoms with Crippen LogP contribution < -0.4 is 16.4 Å². The minimum absolute atomic E-state index is 0.310. The number of rotatable bonds is 3. The fraction of sp³-hybridized carbons (Fsp3) is 0. The molecule has 104 valence electrons. The highest BCUT2D eigenvalue weighted by Gasteiger charge is 2.06. The average Bonchev–Trinajstić information content (AvgIpc) is 2.47. The van der Waals surface area contributed by atoms with E-state index in [1.54, 1.807) is 48.5 Å². The third-order valence-corrected chi connectivity index (χ3v) is 2.66. The van der Waals surface area contributed by atoms with Crippen LogP contribution in [-0.2, 0) is 0 Å². The number of nitrogens with one attached hydrogen (secondary N) is 2. The molecule has 0 aliphatic rings. The first-order valence-electron chi connectivity index (χ1n) is 6.06. The second-order valence-corrected chi connectivity index (χ2v) is 4.21. The minimum Gasteiger partial charge on any atom is -0.351 e. The van der Waals surface area contributed by atoms with Crippen molar-refractivity contribution >= 4 is 23.3 Å². The molecule has 2 rings (SSSR count). The Morgan fingerprint density at radius 2 is 1.62 bits per heavy atom. The topological polar surface area (TPSA) is 108 Å². The van der Waals surface area contributed by atoms with E-state index in [0.29, 0.717) is 22.5 Å². The van der Waals surface area contributed by atoms with Crippen LogP contribution in [-0.4, -0.2) is 11.9 Å². The fourth-order valence-electron chi connectivity index (χ4n) is 1.72. The number of anilines is 2. The van der Waals surface area contributed by atoms with Crippen LogP contribution >= 0.6 is 0 Å². The van der Waals surface area contributed by atoms with Crippen LogP contribution in [0.25, 0.3) is 0 Å². The predicted octanol–water partition coefficient (Wildman–Crippen LogP) is 2.30. The lowest BCUT2D eigenvalue weighted by atomic mass is 10.1. The Morgan fingerprint density at radius 3 is 2.19 bits per heavy atom. The summed E-state index contributed by atoms with van der Waals surface area (Å²) in [5.74, 6) is -0.310. The zero-order valence-corrected chi connectivity index (χ0v) is 11.0. The van der Waals surface area contributed by atoms with E-state index in [1.165, 1.54) is 0 Å². The second kappa shape index (κ2) is 6.21. The largest absolute Gasteiger partial charge is 0.351 e. The summed E-state index contributed by atoms with van der Waals surface area (Å²) in [5, 5.41) is 13.8. The molecule has 0 radical (unpaired) electrons. The fourth-order valence-corrected chi connectivity index (χ4v) is 1.72. The van der Waals surface area contributed by atoms with Gasteiger partial charge in [0.15, 0.2) is 0 Å². The maximum absolute atomic E-state index is 12.0. The van der Waals surface area contributed by atoms with Crippen molar-refractivity contribution in [2.75, 3.05) is 10.6 Å². The Bertz CT molecular complexity index is 717. The molecule has 2 aromatic rings. The molecule has 0 saturated carbocycles. The molecule has 6 nitrogen and oxygen atoms in total. The van der Waals surface area contributed by atoms with E-state index in [2.05, 4.69) is 10.6 Å². The van der Waals surface area contributed by atoms with Crippen LogP contribution in [0, 0.1) is 11.3 Å². The Balaban J connectivity index is 2.11. The molecule has 2 aromatic carbocycles. The van der Waals surface area contributed by atoms with Crippen LogP contribution in [0.1, 0.15) is 15.9 Å². The van der Waals surface area contributed by atoms with E-state index >= 15 is 0 Å². The van der Waals surface area contributed by atoms with Crippen molar-refractivity contribution in [1.29, 1.82) is 5.26 Å². The number of nitrogens with zero attached hydrogens (tertiary/aromatic N) is 1. The zero-order valence-electron chi connectivity index (χ0n) is 11.0. The third-order valence-electron chi connectivity index (χ3n) is 2.66. The number of urea groups is 1. The minimum atomic E-state index is -0.675. The van der Waals surface area contributed by atoms with E-state index < -0.39 is 6.03 Å². The molecule has 0 atom stereocenters. The van der Waals surface area contributed by atoms with E-state index in [0.717, 1.165) is 0 Å². The SMILES string of the molecule is N#Cc1ccc(C(=O)Nc2cccc(NC(N)=O)c2)cc1. The number of primary amides is 1. The van der Waals surface area contributed by atoms with Gasteiger partial charge in [-0.25, -0.2) is 4.79 Å². The van der Waals surface area contributed by atoms with Gasteiger partial charge >= 0.3 is 6.03 Å². The number of carbonyl (C=O) groups is 2. The first kappa shape index (κ1) is 14.1. The van der Waals surface area contributed by atoms with Gasteiger partial charge < -0.3 is 16.4 Å². The van der Waals surface area contributed by atoms with Gasteiger partial charge in [0.2, 0.25) is 0 Å². The van der Waals surface area contributed by atoms with Gasteiger partial charge in [0.1, 0.15) is 0 Å². The van der Waals surface area contributed by atoms with Crippen LogP contribution in [0.2, 0.25) is 0 Å². The van der Waals surface area contributed by atoms with E-state index in [1.807, 2.05) is 6.07 Å². The number of nitriles is 1. The van der Waals surface area contributed by atoms with E-state index in [9.17, 15) is 9.59 Å². The van der Waals surface area contributed by atoms with Gasteiger partial charge in [-0.05, 0) is 42.5 Å². The van der Waals surface area contributed by atoms with Gasteiger partial charge in [0.25, 0.3) is 5.91 Å². The Morgan fingerprint density at radius 1 is 1.00 bits per heavy atom. The van der Waals surface area contributed by atoms with Gasteiger partial charge in [-0.15, -0.1) is 0 Å². The first-order valence-corrected chi connectivity index (χ1v) is 6.06. The summed E-state index contributed by atoms with van der Waals surface area (Å²) in [7, 11) is 0.